The van der Waals surface area contributed by atoms with E-state index in [0.717, 1.165) is 0 Å². The molecule has 0 aliphatic heterocycles. The van der Waals surface area contributed by atoms with Gasteiger partial charge in [0, 0.05) is 48.0 Å². The van der Waals surface area contributed by atoms with Crippen LogP contribution >= 0.6 is 0 Å². The molecule has 1 heterocycles. The number of hydrogen-bond acceptors (Lipinski definition) is 1. The Bertz CT molecular complexity index is 80.0. The summed E-state index contributed by atoms with van der Waals surface area (Å²) < 4.78 is 0. The van der Waals surface area contributed by atoms with E-state index in [-0.39, 0.29) is 35.6 Å². The maximum absolute atomic E-state index is 3.78. The molecule has 0 N–H and O–H groups in total. The van der Waals surface area contributed by atoms with Crippen LogP contribution in [0.15, 0.2) is 30.6 Å². The van der Waals surface area contributed by atoms with E-state index in [1.807, 2.05) is 18.2 Å². The van der Waals surface area contributed by atoms with E-state index in [9.17, 15) is 0 Å². The fourth-order valence-electron chi connectivity index (χ4n) is 0.313. The Balaban J connectivity index is 0.000000360. The quantitative estimate of drug-likeness (QED) is 0.634. The fraction of sp³-hybridized carbons (Fsp3) is 0. The van der Waals surface area contributed by atoms with Crippen molar-refractivity contribution in [2.24, 2.45) is 0 Å². The summed E-state index contributed by atoms with van der Waals surface area (Å²) in [6.45, 7) is 0. The smallest absolute Gasteiger partial charge is 0.0267 e. The maximum Gasteiger partial charge on any atom is 0.0267 e. The summed E-state index contributed by atoms with van der Waals surface area (Å²) in [7, 11) is 0. The van der Waals surface area contributed by atoms with Gasteiger partial charge in [-0.15, -0.1) is 0 Å². The summed E-state index contributed by atoms with van der Waals surface area (Å²) >= 11 is 0. The molecular weight excluding hydrogens is 213 g/mol. The van der Waals surface area contributed by atoms with Gasteiger partial charge in [0.2, 0.25) is 0 Å². The third-order valence-corrected chi connectivity index (χ3v) is 0.566. The molecule has 1 rings (SSSR count). The Morgan fingerprint density at radius 1 is 0.857 bits per heavy atom. The molecule has 1 nitrogen and oxygen atoms in total. The van der Waals surface area contributed by atoms with Crippen LogP contribution in [0.5, 0.6) is 0 Å². The third-order valence-electron chi connectivity index (χ3n) is 0.566. The SMILES string of the molecule is [La].c1ccncc1. The minimum atomic E-state index is 0. The summed E-state index contributed by atoms with van der Waals surface area (Å²) in [5.41, 5.74) is 0. The van der Waals surface area contributed by atoms with Crippen molar-refractivity contribution in [3.8, 4) is 0 Å². The Kier molecular flexibility index (Phi) is 4.72. The van der Waals surface area contributed by atoms with Gasteiger partial charge in [0.15, 0.2) is 0 Å². The normalized spacial score (nSPS) is 6.86. The zero-order valence-electron chi connectivity index (χ0n) is 3.91. The summed E-state index contributed by atoms with van der Waals surface area (Å²) in [5.74, 6) is 0. The van der Waals surface area contributed by atoms with Crippen LogP contribution in [0.3, 0.4) is 0 Å². The molecule has 0 saturated heterocycles. The Morgan fingerprint density at radius 3 is 1.57 bits per heavy atom. The van der Waals surface area contributed by atoms with Crippen LogP contribution in [0.25, 0.3) is 0 Å². The van der Waals surface area contributed by atoms with Gasteiger partial charge in [0.25, 0.3) is 0 Å². The average Bonchev–Trinajstić information content (AvgIpc) is 1.72. The molecule has 7 heavy (non-hydrogen) atoms. The van der Waals surface area contributed by atoms with Crippen molar-refractivity contribution in [3.05, 3.63) is 30.6 Å². The van der Waals surface area contributed by atoms with Crippen molar-refractivity contribution in [2.45, 2.75) is 0 Å². The number of rotatable bonds is 0. The predicted molar refractivity (Wildman–Crippen MR) is 24.2 cm³/mol. The second-order valence-electron chi connectivity index (χ2n) is 1.02. The molecule has 0 bridgehead atoms. The minimum Gasteiger partial charge on any atom is -0.265 e. The van der Waals surface area contributed by atoms with Crippen molar-refractivity contribution >= 4 is 0 Å². The molecule has 0 saturated carbocycles. The minimum absolute atomic E-state index is 0. The van der Waals surface area contributed by atoms with Crippen LogP contribution in [-0.2, 0) is 0 Å². The molecule has 0 atom stereocenters. The molecule has 0 aliphatic rings. The van der Waals surface area contributed by atoms with Gasteiger partial charge in [-0.05, 0) is 12.1 Å². The van der Waals surface area contributed by atoms with Gasteiger partial charge in [-0.3, -0.25) is 4.98 Å². The van der Waals surface area contributed by atoms with Gasteiger partial charge in [-0.2, -0.15) is 0 Å². The number of pyridine rings is 1. The van der Waals surface area contributed by atoms with E-state index in [2.05, 4.69) is 4.98 Å². The van der Waals surface area contributed by atoms with Gasteiger partial charge in [-0.1, -0.05) is 6.07 Å². The van der Waals surface area contributed by atoms with Crippen molar-refractivity contribution in [1.29, 1.82) is 0 Å². The molecule has 0 spiro atoms. The fourth-order valence-corrected chi connectivity index (χ4v) is 0.313. The monoisotopic (exact) mass is 218 g/mol. The second kappa shape index (κ2) is 4.50. The number of hydrogen-bond donors (Lipinski definition) is 0. The standard InChI is InChI=1S/C5H5N.La/c1-2-4-6-5-3-1;/h1-5H;. The van der Waals surface area contributed by atoms with Crippen LogP contribution in [0, 0.1) is 35.6 Å². The zero-order chi connectivity index (χ0) is 4.24. The largest absolute Gasteiger partial charge is 0.265 e. The third kappa shape index (κ3) is 2.98. The summed E-state index contributed by atoms with van der Waals surface area (Å²) in [5, 5.41) is 0. The molecule has 1 radical (unpaired) electrons. The molecule has 0 unspecified atom stereocenters. The van der Waals surface area contributed by atoms with Gasteiger partial charge in [0.1, 0.15) is 0 Å². The number of nitrogens with zero attached hydrogens (tertiary/aromatic N) is 1. The summed E-state index contributed by atoms with van der Waals surface area (Å²) in [6, 6.07) is 5.72. The Hall–Kier alpha value is 0.345. The van der Waals surface area contributed by atoms with Crippen molar-refractivity contribution in [2.75, 3.05) is 0 Å². The molecule has 0 aliphatic carbocycles. The first-order chi connectivity index (χ1) is 3.00. The molecular formula is C5H5LaN. The van der Waals surface area contributed by atoms with Crippen molar-refractivity contribution < 1.29 is 35.6 Å². The second-order valence-corrected chi connectivity index (χ2v) is 1.02. The number of aromatic nitrogens is 1. The molecule has 1 aromatic heterocycles. The van der Waals surface area contributed by atoms with E-state index in [1.54, 1.807) is 12.4 Å². The van der Waals surface area contributed by atoms with Crippen LogP contribution in [0.2, 0.25) is 0 Å². The van der Waals surface area contributed by atoms with E-state index in [4.69, 9.17) is 0 Å². The molecule has 1 aromatic rings. The maximum atomic E-state index is 3.78. The Morgan fingerprint density at radius 2 is 1.43 bits per heavy atom. The van der Waals surface area contributed by atoms with Crippen LogP contribution in [0.4, 0.5) is 0 Å². The van der Waals surface area contributed by atoms with Gasteiger partial charge >= 0.3 is 0 Å². The topological polar surface area (TPSA) is 12.9 Å². The average molecular weight is 218 g/mol. The van der Waals surface area contributed by atoms with E-state index in [0.29, 0.717) is 0 Å². The van der Waals surface area contributed by atoms with Crippen LogP contribution in [0.1, 0.15) is 0 Å². The predicted octanol–water partition coefficient (Wildman–Crippen LogP) is 1.08. The van der Waals surface area contributed by atoms with E-state index < -0.39 is 0 Å². The van der Waals surface area contributed by atoms with Gasteiger partial charge in [0.05, 0.1) is 0 Å². The van der Waals surface area contributed by atoms with Gasteiger partial charge < -0.3 is 0 Å². The van der Waals surface area contributed by atoms with Crippen LogP contribution < -0.4 is 0 Å². The summed E-state index contributed by atoms with van der Waals surface area (Å²) in [4.78, 5) is 3.78. The first kappa shape index (κ1) is 7.34. The first-order valence-corrected chi connectivity index (χ1v) is 1.85. The molecule has 33 valence electrons. The molecule has 0 fully saturated rings. The Labute approximate surface area is 70.8 Å². The van der Waals surface area contributed by atoms with Crippen molar-refractivity contribution in [1.82, 2.24) is 4.98 Å². The van der Waals surface area contributed by atoms with Crippen LogP contribution in [-0.4, -0.2) is 4.98 Å². The summed E-state index contributed by atoms with van der Waals surface area (Å²) in [6.07, 6.45) is 3.50. The van der Waals surface area contributed by atoms with E-state index in [1.165, 1.54) is 0 Å². The van der Waals surface area contributed by atoms with Gasteiger partial charge in [-0.25, -0.2) is 0 Å². The van der Waals surface area contributed by atoms with E-state index >= 15 is 0 Å². The zero-order valence-corrected chi connectivity index (χ0v) is 7.54. The molecule has 0 aromatic carbocycles. The molecule has 2 heteroatoms. The first-order valence-electron chi connectivity index (χ1n) is 1.85. The molecule has 0 amide bonds. The van der Waals surface area contributed by atoms with Crippen molar-refractivity contribution in [3.63, 3.8) is 0 Å².